The van der Waals surface area contributed by atoms with E-state index in [2.05, 4.69) is 26.1 Å². The lowest BCUT2D eigenvalue weighted by molar-refractivity contribution is 0.441. The van der Waals surface area contributed by atoms with Gasteiger partial charge in [-0.1, -0.05) is 58.4 Å². The summed E-state index contributed by atoms with van der Waals surface area (Å²) in [4.78, 5) is 0. The zero-order chi connectivity index (χ0) is 14.7. The number of rotatable bonds is 4. The number of aromatic nitrogens is 2. The topological polar surface area (TPSA) is 64.9 Å². The number of benzene rings is 2. The van der Waals surface area contributed by atoms with Crippen LogP contribution in [0.25, 0.3) is 0 Å². The van der Waals surface area contributed by atoms with Crippen LogP contribution in [0.2, 0.25) is 0 Å². The van der Waals surface area contributed by atoms with Crippen LogP contribution in [0.15, 0.2) is 63.5 Å². The average molecular weight is 344 g/mol. The van der Waals surface area contributed by atoms with Gasteiger partial charge in [0, 0.05) is 4.47 Å². The summed E-state index contributed by atoms with van der Waals surface area (Å²) >= 11 is 3.45. The van der Waals surface area contributed by atoms with E-state index in [4.69, 9.17) is 10.2 Å². The largest absolute Gasteiger partial charge is 0.423 e. The summed E-state index contributed by atoms with van der Waals surface area (Å²) in [6.07, 6.45) is 0.591. The molecule has 1 atom stereocenters. The second-order valence-electron chi connectivity index (χ2n) is 4.73. The van der Waals surface area contributed by atoms with Crippen LogP contribution >= 0.6 is 15.9 Å². The molecule has 106 valence electrons. The number of halogens is 1. The normalized spacial score (nSPS) is 12.3. The van der Waals surface area contributed by atoms with Crippen molar-refractivity contribution >= 4 is 15.9 Å². The SMILES string of the molecule is NC(c1ccccc1)c1nnc(Cc2cccc(Br)c2)o1. The van der Waals surface area contributed by atoms with Gasteiger partial charge in [0.15, 0.2) is 0 Å². The van der Waals surface area contributed by atoms with Crippen LogP contribution in [-0.2, 0) is 6.42 Å². The second-order valence-corrected chi connectivity index (χ2v) is 5.64. The fraction of sp³-hybridized carbons (Fsp3) is 0.125. The highest BCUT2D eigenvalue weighted by molar-refractivity contribution is 9.10. The highest BCUT2D eigenvalue weighted by atomic mass is 79.9. The molecule has 0 bridgehead atoms. The summed E-state index contributed by atoms with van der Waals surface area (Å²) < 4.78 is 6.71. The second kappa shape index (κ2) is 6.20. The number of hydrogen-bond acceptors (Lipinski definition) is 4. The van der Waals surface area contributed by atoms with Gasteiger partial charge in [-0.3, -0.25) is 0 Å². The summed E-state index contributed by atoms with van der Waals surface area (Å²) in [6.45, 7) is 0. The lowest BCUT2D eigenvalue weighted by Gasteiger charge is -2.06. The van der Waals surface area contributed by atoms with Crippen LogP contribution in [0.1, 0.15) is 29.0 Å². The molecule has 0 spiro atoms. The monoisotopic (exact) mass is 343 g/mol. The van der Waals surface area contributed by atoms with E-state index in [1.54, 1.807) is 0 Å². The summed E-state index contributed by atoms with van der Waals surface area (Å²) in [5, 5.41) is 8.13. The van der Waals surface area contributed by atoms with Crippen molar-refractivity contribution in [3.05, 3.63) is 82.0 Å². The van der Waals surface area contributed by atoms with E-state index in [1.807, 2.05) is 54.6 Å². The fourth-order valence-electron chi connectivity index (χ4n) is 2.09. The zero-order valence-corrected chi connectivity index (χ0v) is 12.8. The molecular weight excluding hydrogens is 330 g/mol. The molecule has 0 aliphatic rings. The lowest BCUT2D eigenvalue weighted by Crippen LogP contribution is -2.11. The van der Waals surface area contributed by atoms with Gasteiger partial charge in [-0.2, -0.15) is 0 Å². The molecule has 5 heteroatoms. The Balaban J connectivity index is 1.77. The molecule has 1 aromatic heterocycles. The predicted octanol–water partition coefficient (Wildman–Crippen LogP) is 3.47. The Hall–Kier alpha value is -1.98. The quantitative estimate of drug-likeness (QED) is 0.787. The van der Waals surface area contributed by atoms with E-state index in [-0.39, 0.29) is 0 Å². The van der Waals surface area contributed by atoms with Crippen molar-refractivity contribution in [1.82, 2.24) is 10.2 Å². The first-order valence-corrected chi connectivity index (χ1v) is 7.39. The van der Waals surface area contributed by atoms with Gasteiger partial charge in [0.1, 0.15) is 6.04 Å². The van der Waals surface area contributed by atoms with Crippen molar-refractivity contribution in [2.75, 3.05) is 0 Å². The van der Waals surface area contributed by atoms with Crippen molar-refractivity contribution in [2.24, 2.45) is 5.73 Å². The van der Waals surface area contributed by atoms with E-state index < -0.39 is 6.04 Å². The van der Waals surface area contributed by atoms with Crippen molar-refractivity contribution in [2.45, 2.75) is 12.5 Å². The van der Waals surface area contributed by atoms with Gasteiger partial charge in [0.05, 0.1) is 6.42 Å². The fourth-order valence-corrected chi connectivity index (χ4v) is 2.53. The minimum absolute atomic E-state index is 0.394. The van der Waals surface area contributed by atoms with Crippen molar-refractivity contribution in [3.8, 4) is 0 Å². The van der Waals surface area contributed by atoms with E-state index in [0.29, 0.717) is 18.2 Å². The molecule has 1 unspecified atom stereocenters. The van der Waals surface area contributed by atoms with Crippen LogP contribution in [0, 0.1) is 0 Å². The van der Waals surface area contributed by atoms with Gasteiger partial charge >= 0.3 is 0 Å². The first-order chi connectivity index (χ1) is 10.2. The van der Waals surface area contributed by atoms with Gasteiger partial charge < -0.3 is 10.2 Å². The summed E-state index contributed by atoms with van der Waals surface area (Å²) in [5.74, 6) is 1.00. The molecule has 0 amide bonds. The summed E-state index contributed by atoms with van der Waals surface area (Å²) in [6, 6.07) is 17.3. The Morgan fingerprint density at radius 2 is 1.86 bits per heavy atom. The molecule has 2 aromatic carbocycles. The van der Waals surface area contributed by atoms with Crippen LogP contribution < -0.4 is 5.73 Å². The molecule has 0 saturated carbocycles. The van der Waals surface area contributed by atoms with Gasteiger partial charge in [-0.25, -0.2) is 0 Å². The Morgan fingerprint density at radius 3 is 2.62 bits per heavy atom. The minimum Gasteiger partial charge on any atom is -0.423 e. The third-order valence-electron chi connectivity index (χ3n) is 3.15. The highest BCUT2D eigenvalue weighted by Crippen LogP contribution is 2.20. The molecular formula is C16H14BrN3O. The van der Waals surface area contributed by atoms with Gasteiger partial charge in [0.25, 0.3) is 0 Å². The maximum atomic E-state index is 6.14. The molecule has 3 aromatic rings. The molecule has 0 aliphatic carbocycles. The van der Waals surface area contributed by atoms with Crippen molar-refractivity contribution < 1.29 is 4.42 Å². The Labute approximate surface area is 131 Å². The van der Waals surface area contributed by atoms with Gasteiger partial charge in [0.2, 0.25) is 11.8 Å². The van der Waals surface area contributed by atoms with Gasteiger partial charge in [-0.15, -0.1) is 10.2 Å². The summed E-state index contributed by atoms with van der Waals surface area (Å²) in [5.41, 5.74) is 8.20. The molecule has 3 rings (SSSR count). The van der Waals surface area contributed by atoms with E-state index >= 15 is 0 Å². The van der Waals surface area contributed by atoms with Crippen LogP contribution in [-0.4, -0.2) is 10.2 Å². The Morgan fingerprint density at radius 1 is 1.05 bits per heavy atom. The highest BCUT2D eigenvalue weighted by Gasteiger charge is 2.16. The Kier molecular flexibility index (Phi) is 4.13. The van der Waals surface area contributed by atoms with Crippen LogP contribution in [0.4, 0.5) is 0 Å². The van der Waals surface area contributed by atoms with E-state index in [9.17, 15) is 0 Å². The molecule has 0 radical (unpaired) electrons. The van der Waals surface area contributed by atoms with E-state index in [1.165, 1.54) is 0 Å². The lowest BCUT2D eigenvalue weighted by atomic mass is 10.1. The molecule has 0 aliphatic heterocycles. The number of nitrogens with zero attached hydrogens (tertiary/aromatic N) is 2. The zero-order valence-electron chi connectivity index (χ0n) is 11.2. The molecule has 4 nitrogen and oxygen atoms in total. The third kappa shape index (κ3) is 3.37. The maximum absolute atomic E-state index is 6.14. The van der Waals surface area contributed by atoms with Crippen molar-refractivity contribution in [3.63, 3.8) is 0 Å². The summed E-state index contributed by atoms with van der Waals surface area (Å²) in [7, 11) is 0. The van der Waals surface area contributed by atoms with E-state index in [0.717, 1.165) is 15.6 Å². The third-order valence-corrected chi connectivity index (χ3v) is 3.64. The predicted molar refractivity (Wildman–Crippen MR) is 83.7 cm³/mol. The van der Waals surface area contributed by atoms with Crippen LogP contribution in [0.3, 0.4) is 0 Å². The number of hydrogen-bond donors (Lipinski definition) is 1. The molecule has 21 heavy (non-hydrogen) atoms. The standard InChI is InChI=1S/C16H14BrN3O/c17-13-8-4-5-11(9-13)10-14-19-20-16(21-14)15(18)12-6-2-1-3-7-12/h1-9,15H,10,18H2. The molecule has 0 fully saturated rings. The minimum atomic E-state index is -0.394. The first kappa shape index (κ1) is 14.0. The van der Waals surface area contributed by atoms with Crippen molar-refractivity contribution in [1.29, 1.82) is 0 Å². The number of nitrogens with two attached hydrogens (primary N) is 1. The first-order valence-electron chi connectivity index (χ1n) is 6.59. The average Bonchev–Trinajstić information content (AvgIpc) is 2.96. The van der Waals surface area contributed by atoms with Gasteiger partial charge in [-0.05, 0) is 23.3 Å². The van der Waals surface area contributed by atoms with Crippen LogP contribution in [0.5, 0.6) is 0 Å². The smallest absolute Gasteiger partial charge is 0.237 e. The molecule has 2 N–H and O–H groups in total. The maximum Gasteiger partial charge on any atom is 0.237 e. The molecule has 0 saturated heterocycles. The Bertz CT molecular complexity index is 727. The molecule has 1 heterocycles.